The van der Waals surface area contributed by atoms with Gasteiger partial charge in [-0.1, -0.05) is 30.3 Å². The molecule has 11 heavy (non-hydrogen) atoms. The van der Waals surface area contributed by atoms with Crippen LogP contribution >= 0.6 is 0 Å². The predicted molar refractivity (Wildman–Crippen MR) is 44.3 cm³/mol. The van der Waals surface area contributed by atoms with E-state index in [9.17, 15) is 4.79 Å². The van der Waals surface area contributed by atoms with Gasteiger partial charge in [-0.2, -0.15) is 0 Å². The highest BCUT2D eigenvalue weighted by molar-refractivity contribution is 5.80. The van der Waals surface area contributed by atoms with Crippen molar-refractivity contribution in [3.05, 3.63) is 41.6 Å². The summed E-state index contributed by atoms with van der Waals surface area (Å²) in [5.41, 5.74) is 6.27. The molecule has 0 spiro atoms. The summed E-state index contributed by atoms with van der Waals surface area (Å²) in [5, 5.41) is 0. The van der Waals surface area contributed by atoms with Crippen LogP contribution in [0.1, 0.15) is 5.56 Å². The number of hydrogen-bond donors (Lipinski definition) is 1. The molecule has 55 valence electrons. The Kier molecular flexibility index (Phi) is 2.44. The lowest BCUT2D eigenvalue weighted by Gasteiger charge is -1.90. The number of benzene rings is 1. The molecule has 0 aliphatic carbocycles. The number of carbonyl (C=O) groups excluding carboxylic acids is 1. The van der Waals surface area contributed by atoms with Gasteiger partial charge in [-0.3, -0.25) is 4.79 Å². The summed E-state index contributed by atoms with van der Waals surface area (Å²) in [6.45, 7) is 0. The van der Waals surface area contributed by atoms with E-state index < -0.39 is 0 Å². The molecule has 0 unspecified atom stereocenters. The van der Waals surface area contributed by atoms with Gasteiger partial charge in [-0.05, 0) is 11.6 Å². The van der Waals surface area contributed by atoms with Crippen molar-refractivity contribution < 1.29 is 4.79 Å². The van der Waals surface area contributed by atoms with E-state index in [0.717, 1.165) is 5.56 Å². The van der Waals surface area contributed by atoms with Crippen LogP contribution in [0.5, 0.6) is 0 Å². The van der Waals surface area contributed by atoms with Crippen LogP contribution in [0.4, 0.5) is 0 Å². The Morgan fingerprint density at radius 2 is 2.00 bits per heavy atom. The first-order valence-corrected chi connectivity index (χ1v) is 3.23. The average molecular weight is 146 g/mol. The van der Waals surface area contributed by atoms with Crippen molar-refractivity contribution in [1.29, 1.82) is 0 Å². The fourth-order valence-corrected chi connectivity index (χ4v) is 0.758. The standard InChI is InChI=1S/C9H8NO/c10-9(7-11)6-8-4-2-1-3-5-8/h1-6H,10H2. The van der Waals surface area contributed by atoms with Gasteiger partial charge in [-0.15, -0.1) is 0 Å². The highest BCUT2D eigenvalue weighted by Crippen LogP contribution is 2.01. The Morgan fingerprint density at radius 3 is 2.55 bits per heavy atom. The average Bonchev–Trinajstić information content (AvgIpc) is 2.06. The van der Waals surface area contributed by atoms with Gasteiger partial charge in [0.05, 0.1) is 5.70 Å². The normalized spacial score (nSPS) is 11.1. The Balaban J connectivity index is 2.87. The van der Waals surface area contributed by atoms with E-state index in [-0.39, 0.29) is 5.70 Å². The van der Waals surface area contributed by atoms with Crippen molar-refractivity contribution in [1.82, 2.24) is 0 Å². The predicted octanol–water partition coefficient (Wildman–Crippen LogP) is 1.10. The van der Waals surface area contributed by atoms with Crippen molar-refractivity contribution in [2.24, 2.45) is 5.73 Å². The van der Waals surface area contributed by atoms with Crippen molar-refractivity contribution in [2.45, 2.75) is 0 Å². The van der Waals surface area contributed by atoms with Crippen LogP contribution in [0.15, 0.2) is 36.0 Å². The zero-order valence-corrected chi connectivity index (χ0v) is 5.95. The third-order valence-electron chi connectivity index (χ3n) is 1.24. The Bertz CT molecular complexity index is 264. The van der Waals surface area contributed by atoms with E-state index in [1.54, 1.807) is 12.4 Å². The molecular weight excluding hydrogens is 138 g/mol. The Hall–Kier alpha value is -1.57. The van der Waals surface area contributed by atoms with Crippen LogP contribution in [0.3, 0.4) is 0 Å². The molecule has 1 aromatic rings. The van der Waals surface area contributed by atoms with Crippen LogP contribution in [-0.2, 0) is 4.79 Å². The minimum absolute atomic E-state index is 0.121. The van der Waals surface area contributed by atoms with Crippen LogP contribution in [0.2, 0.25) is 0 Å². The van der Waals surface area contributed by atoms with Gasteiger partial charge < -0.3 is 5.73 Å². The van der Waals surface area contributed by atoms with E-state index in [1.165, 1.54) is 0 Å². The number of rotatable bonds is 2. The van der Waals surface area contributed by atoms with Gasteiger partial charge in [-0.25, -0.2) is 0 Å². The molecule has 1 aromatic carbocycles. The van der Waals surface area contributed by atoms with E-state index in [4.69, 9.17) is 5.73 Å². The molecule has 0 saturated carbocycles. The maximum atomic E-state index is 9.99. The smallest absolute Gasteiger partial charge is 0.250 e. The SMILES string of the molecule is NC([C]=O)=Cc1ccccc1. The topological polar surface area (TPSA) is 43.1 Å². The van der Waals surface area contributed by atoms with Crippen LogP contribution in [0.25, 0.3) is 6.08 Å². The van der Waals surface area contributed by atoms with E-state index in [0.29, 0.717) is 0 Å². The fourth-order valence-electron chi connectivity index (χ4n) is 0.758. The van der Waals surface area contributed by atoms with Crippen molar-refractivity contribution in [3.8, 4) is 0 Å². The van der Waals surface area contributed by atoms with E-state index in [2.05, 4.69) is 0 Å². The van der Waals surface area contributed by atoms with Crippen LogP contribution < -0.4 is 5.73 Å². The first-order chi connectivity index (χ1) is 5.33. The van der Waals surface area contributed by atoms with Crippen molar-refractivity contribution in [2.75, 3.05) is 0 Å². The zero-order valence-electron chi connectivity index (χ0n) is 5.95. The second-order valence-electron chi connectivity index (χ2n) is 2.11. The van der Waals surface area contributed by atoms with Gasteiger partial charge in [0, 0.05) is 0 Å². The molecule has 0 heterocycles. The van der Waals surface area contributed by atoms with Crippen molar-refractivity contribution >= 4 is 12.4 Å². The number of hydrogen-bond acceptors (Lipinski definition) is 2. The second kappa shape index (κ2) is 3.56. The van der Waals surface area contributed by atoms with Gasteiger partial charge in [0.25, 0.3) is 6.29 Å². The minimum atomic E-state index is 0.121. The van der Waals surface area contributed by atoms with Gasteiger partial charge >= 0.3 is 0 Å². The first-order valence-electron chi connectivity index (χ1n) is 3.23. The van der Waals surface area contributed by atoms with E-state index >= 15 is 0 Å². The molecule has 0 bridgehead atoms. The lowest BCUT2D eigenvalue weighted by Crippen LogP contribution is -1.96. The maximum absolute atomic E-state index is 9.99. The lowest BCUT2D eigenvalue weighted by molar-refractivity contribution is 0.561. The monoisotopic (exact) mass is 146 g/mol. The summed E-state index contributed by atoms with van der Waals surface area (Å²) in [6.07, 6.45) is 3.18. The minimum Gasteiger partial charge on any atom is -0.395 e. The molecule has 2 N–H and O–H groups in total. The van der Waals surface area contributed by atoms with Gasteiger partial charge in [0.2, 0.25) is 0 Å². The summed E-state index contributed by atoms with van der Waals surface area (Å²) < 4.78 is 0. The number of nitrogens with two attached hydrogens (primary N) is 1. The largest absolute Gasteiger partial charge is 0.395 e. The summed E-state index contributed by atoms with van der Waals surface area (Å²) in [7, 11) is 0. The summed E-state index contributed by atoms with van der Waals surface area (Å²) in [6, 6.07) is 9.39. The molecule has 1 radical (unpaired) electrons. The molecule has 2 heteroatoms. The third kappa shape index (κ3) is 2.26. The molecule has 0 aliphatic rings. The number of allylic oxidation sites excluding steroid dienone is 1. The molecule has 0 fully saturated rings. The molecule has 0 aromatic heterocycles. The first kappa shape index (κ1) is 7.54. The van der Waals surface area contributed by atoms with Crippen LogP contribution in [0, 0.1) is 0 Å². The highest BCUT2D eigenvalue weighted by Gasteiger charge is 1.87. The molecular formula is C9H8NO. The second-order valence-corrected chi connectivity index (χ2v) is 2.11. The molecule has 0 amide bonds. The summed E-state index contributed by atoms with van der Waals surface area (Å²) >= 11 is 0. The van der Waals surface area contributed by atoms with Crippen LogP contribution in [-0.4, -0.2) is 6.29 Å². The Morgan fingerprint density at radius 1 is 1.36 bits per heavy atom. The zero-order chi connectivity index (χ0) is 8.10. The highest BCUT2D eigenvalue weighted by atomic mass is 16.1. The van der Waals surface area contributed by atoms with E-state index in [1.807, 2.05) is 30.3 Å². The molecule has 2 nitrogen and oxygen atoms in total. The maximum Gasteiger partial charge on any atom is 0.250 e. The summed E-state index contributed by atoms with van der Waals surface area (Å²) in [4.78, 5) is 9.99. The van der Waals surface area contributed by atoms with Gasteiger partial charge in [0.15, 0.2) is 0 Å². The lowest BCUT2D eigenvalue weighted by atomic mass is 10.2. The molecule has 0 aliphatic heterocycles. The Labute approximate surface area is 65.3 Å². The summed E-state index contributed by atoms with van der Waals surface area (Å²) in [5.74, 6) is 0. The molecule has 0 atom stereocenters. The quantitative estimate of drug-likeness (QED) is 0.635. The molecule has 0 saturated heterocycles. The van der Waals surface area contributed by atoms with Gasteiger partial charge in [0.1, 0.15) is 0 Å². The fraction of sp³-hybridized carbons (Fsp3) is 0. The van der Waals surface area contributed by atoms with Crippen molar-refractivity contribution in [3.63, 3.8) is 0 Å². The third-order valence-corrected chi connectivity index (χ3v) is 1.24. The molecule has 1 rings (SSSR count).